The highest BCUT2D eigenvalue weighted by molar-refractivity contribution is 7.89. The molecule has 1 aromatic rings. The number of nitrogens with zero attached hydrogens (tertiary/aromatic N) is 1. The predicted octanol–water partition coefficient (Wildman–Crippen LogP) is 2.45. The molecular formula is C11H17ClN2O2S. The summed E-state index contributed by atoms with van der Waals surface area (Å²) in [5.41, 5.74) is 0.0956. The van der Waals surface area contributed by atoms with Crippen LogP contribution < -0.4 is 4.72 Å². The zero-order chi connectivity index (χ0) is 13.1. The Morgan fingerprint density at radius 2 is 2.06 bits per heavy atom. The van der Waals surface area contributed by atoms with Crippen molar-refractivity contribution in [1.82, 2.24) is 9.71 Å². The van der Waals surface area contributed by atoms with Crippen LogP contribution in [0.25, 0.3) is 0 Å². The molecule has 0 aliphatic rings. The van der Waals surface area contributed by atoms with Crippen LogP contribution in [0, 0.1) is 5.41 Å². The van der Waals surface area contributed by atoms with Crippen LogP contribution >= 0.6 is 11.6 Å². The molecule has 0 atom stereocenters. The topological polar surface area (TPSA) is 59.1 Å². The number of hydrogen-bond acceptors (Lipinski definition) is 3. The minimum Gasteiger partial charge on any atom is -0.244 e. The molecule has 1 N–H and O–H groups in total. The van der Waals surface area contributed by atoms with Crippen molar-refractivity contribution in [2.24, 2.45) is 5.41 Å². The Labute approximate surface area is 107 Å². The van der Waals surface area contributed by atoms with Gasteiger partial charge >= 0.3 is 0 Å². The molecule has 0 saturated carbocycles. The number of halogens is 1. The summed E-state index contributed by atoms with van der Waals surface area (Å²) in [6.07, 6.45) is 2.14. The lowest BCUT2D eigenvalue weighted by molar-refractivity contribution is 0.378. The minimum atomic E-state index is -3.48. The summed E-state index contributed by atoms with van der Waals surface area (Å²) in [6.45, 7) is 6.59. The van der Waals surface area contributed by atoms with E-state index in [4.69, 9.17) is 11.6 Å². The number of nitrogens with one attached hydrogen (secondary N) is 1. The van der Waals surface area contributed by atoms with E-state index in [-0.39, 0.29) is 15.5 Å². The molecule has 0 amide bonds. The van der Waals surface area contributed by atoms with E-state index < -0.39 is 10.0 Å². The van der Waals surface area contributed by atoms with Gasteiger partial charge in [0.05, 0.1) is 4.90 Å². The van der Waals surface area contributed by atoms with E-state index in [1.54, 1.807) is 0 Å². The van der Waals surface area contributed by atoms with Crippen molar-refractivity contribution < 1.29 is 8.42 Å². The lowest BCUT2D eigenvalue weighted by Gasteiger charge is -2.18. The number of sulfonamides is 1. The van der Waals surface area contributed by atoms with Gasteiger partial charge in [-0.15, -0.1) is 0 Å². The summed E-state index contributed by atoms with van der Waals surface area (Å²) in [5.74, 6) is 0. The quantitative estimate of drug-likeness (QED) is 0.860. The third-order valence-electron chi connectivity index (χ3n) is 2.18. The molecule has 0 fully saturated rings. The van der Waals surface area contributed by atoms with Gasteiger partial charge in [0.2, 0.25) is 10.0 Å². The van der Waals surface area contributed by atoms with Gasteiger partial charge in [-0.25, -0.2) is 18.1 Å². The van der Waals surface area contributed by atoms with Crippen molar-refractivity contribution in [1.29, 1.82) is 0 Å². The van der Waals surface area contributed by atoms with E-state index >= 15 is 0 Å². The first-order valence-corrected chi connectivity index (χ1v) is 7.18. The van der Waals surface area contributed by atoms with E-state index in [9.17, 15) is 8.42 Å². The molecule has 0 radical (unpaired) electrons. The lowest BCUT2D eigenvalue weighted by Crippen LogP contribution is -2.27. The fourth-order valence-corrected chi connectivity index (χ4v) is 2.48. The molecule has 0 unspecified atom stereocenters. The van der Waals surface area contributed by atoms with Gasteiger partial charge in [0.1, 0.15) is 5.15 Å². The van der Waals surface area contributed by atoms with Gasteiger partial charge in [-0.3, -0.25) is 0 Å². The molecule has 0 aliphatic carbocycles. The van der Waals surface area contributed by atoms with Crippen LogP contribution in [0.3, 0.4) is 0 Å². The average Bonchev–Trinajstić information content (AvgIpc) is 2.15. The summed E-state index contributed by atoms with van der Waals surface area (Å²) in [4.78, 5) is 3.89. The first-order valence-electron chi connectivity index (χ1n) is 5.32. The molecule has 1 heterocycles. The Morgan fingerprint density at radius 1 is 1.41 bits per heavy atom. The number of hydrogen-bond donors (Lipinski definition) is 1. The highest BCUT2D eigenvalue weighted by Gasteiger charge is 2.16. The lowest BCUT2D eigenvalue weighted by atomic mass is 9.93. The summed E-state index contributed by atoms with van der Waals surface area (Å²) in [5, 5.41) is 0.170. The maximum Gasteiger partial charge on any atom is 0.240 e. The average molecular weight is 277 g/mol. The minimum absolute atomic E-state index is 0.0956. The molecule has 17 heavy (non-hydrogen) atoms. The van der Waals surface area contributed by atoms with Gasteiger partial charge in [-0.05, 0) is 24.0 Å². The van der Waals surface area contributed by atoms with Crippen LogP contribution in [0.15, 0.2) is 23.2 Å². The summed E-state index contributed by atoms with van der Waals surface area (Å²) in [7, 11) is -3.48. The standard InChI is InChI=1S/C11H17ClN2O2S/c1-11(2,3)5-7-14-17(15,16)9-4-6-13-10(12)8-9/h4,6,8,14H,5,7H2,1-3H3. The van der Waals surface area contributed by atoms with Gasteiger partial charge in [0.25, 0.3) is 0 Å². The highest BCUT2D eigenvalue weighted by atomic mass is 35.5. The SMILES string of the molecule is CC(C)(C)CCNS(=O)(=O)c1ccnc(Cl)c1. The number of rotatable bonds is 4. The fourth-order valence-electron chi connectivity index (χ4n) is 1.20. The van der Waals surface area contributed by atoms with Crippen LogP contribution in [-0.2, 0) is 10.0 Å². The second-order valence-electron chi connectivity index (χ2n) is 5.02. The number of pyridine rings is 1. The maximum atomic E-state index is 11.9. The van der Waals surface area contributed by atoms with Crippen molar-refractivity contribution in [3.05, 3.63) is 23.5 Å². The molecule has 4 nitrogen and oxygen atoms in total. The van der Waals surface area contributed by atoms with Gasteiger partial charge in [-0.2, -0.15) is 0 Å². The van der Waals surface area contributed by atoms with Crippen LogP contribution in [0.2, 0.25) is 5.15 Å². The van der Waals surface area contributed by atoms with E-state index in [2.05, 4.69) is 30.5 Å². The van der Waals surface area contributed by atoms with Crippen LogP contribution in [0.4, 0.5) is 0 Å². The summed E-state index contributed by atoms with van der Waals surface area (Å²) >= 11 is 5.65. The molecule has 0 aliphatic heterocycles. The Kier molecular flexibility index (Phi) is 4.52. The molecule has 0 aromatic carbocycles. The molecule has 0 saturated heterocycles. The van der Waals surface area contributed by atoms with E-state index in [1.807, 2.05) is 0 Å². The Bertz CT molecular complexity index is 480. The third-order valence-corrected chi connectivity index (χ3v) is 3.84. The Hall–Kier alpha value is -0.650. The molecule has 0 spiro atoms. The van der Waals surface area contributed by atoms with Crippen molar-refractivity contribution >= 4 is 21.6 Å². The molecule has 1 rings (SSSR count). The normalized spacial score (nSPS) is 12.7. The first kappa shape index (κ1) is 14.4. The zero-order valence-corrected chi connectivity index (χ0v) is 11.8. The van der Waals surface area contributed by atoms with E-state index in [0.717, 1.165) is 6.42 Å². The molecule has 6 heteroatoms. The smallest absolute Gasteiger partial charge is 0.240 e. The van der Waals surface area contributed by atoms with Gasteiger partial charge < -0.3 is 0 Å². The van der Waals surface area contributed by atoms with Crippen LogP contribution in [0.1, 0.15) is 27.2 Å². The Balaban J connectivity index is 2.70. The molecule has 96 valence electrons. The van der Waals surface area contributed by atoms with Gasteiger partial charge in [0.15, 0.2) is 0 Å². The second-order valence-corrected chi connectivity index (χ2v) is 7.18. The highest BCUT2D eigenvalue weighted by Crippen LogP contribution is 2.18. The van der Waals surface area contributed by atoms with Gasteiger partial charge in [0, 0.05) is 12.7 Å². The fraction of sp³-hybridized carbons (Fsp3) is 0.545. The zero-order valence-electron chi connectivity index (χ0n) is 10.2. The Morgan fingerprint density at radius 3 is 2.59 bits per heavy atom. The first-order chi connectivity index (χ1) is 7.71. The maximum absolute atomic E-state index is 11.9. The summed E-state index contributed by atoms with van der Waals surface area (Å²) in [6, 6.07) is 2.76. The largest absolute Gasteiger partial charge is 0.244 e. The monoisotopic (exact) mass is 276 g/mol. The van der Waals surface area contributed by atoms with Crippen molar-refractivity contribution in [2.45, 2.75) is 32.1 Å². The predicted molar refractivity (Wildman–Crippen MR) is 68.5 cm³/mol. The van der Waals surface area contributed by atoms with Crippen LogP contribution in [0.5, 0.6) is 0 Å². The molecule has 1 aromatic heterocycles. The van der Waals surface area contributed by atoms with E-state index in [0.29, 0.717) is 6.54 Å². The second kappa shape index (κ2) is 5.33. The summed E-state index contributed by atoms with van der Waals surface area (Å²) < 4.78 is 26.3. The molecular weight excluding hydrogens is 260 g/mol. The van der Waals surface area contributed by atoms with Crippen molar-refractivity contribution in [3.8, 4) is 0 Å². The molecule has 0 bridgehead atoms. The third kappa shape index (κ3) is 5.02. The van der Waals surface area contributed by atoms with Gasteiger partial charge in [-0.1, -0.05) is 32.4 Å². The van der Waals surface area contributed by atoms with E-state index in [1.165, 1.54) is 18.3 Å². The van der Waals surface area contributed by atoms with Crippen molar-refractivity contribution in [2.75, 3.05) is 6.54 Å². The van der Waals surface area contributed by atoms with Crippen LogP contribution in [-0.4, -0.2) is 19.9 Å². The van der Waals surface area contributed by atoms with Crippen molar-refractivity contribution in [3.63, 3.8) is 0 Å². The number of aromatic nitrogens is 1.